The van der Waals surface area contributed by atoms with E-state index in [-0.39, 0.29) is 11.7 Å². The normalized spacial score (nSPS) is 10.6. The molecule has 32 heavy (non-hydrogen) atoms. The lowest BCUT2D eigenvalue weighted by molar-refractivity contribution is -0.113. The number of hydrogen-bond acceptors (Lipinski definition) is 6. The molecule has 0 saturated heterocycles. The second-order valence-corrected chi connectivity index (χ2v) is 8.07. The number of amides is 1. The van der Waals surface area contributed by atoms with Crippen molar-refractivity contribution in [1.29, 1.82) is 0 Å². The summed E-state index contributed by atoms with van der Waals surface area (Å²) in [6, 6.07) is 14.7. The lowest BCUT2D eigenvalue weighted by Gasteiger charge is -2.09. The Hall–Kier alpha value is -3.39. The number of nitrogens with one attached hydrogen (secondary N) is 1. The maximum absolute atomic E-state index is 12.5. The number of carbonyl (C=O) groups excluding carboxylic acids is 2. The number of allylic oxidation sites excluding steroid dienone is 1. The van der Waals surface area contributed by atoms with Crippen molar-refractivity contribution in [2.75, 3.05) is 17.7 Å². The van der Waals surface area contributed by atoms with Gasteiger partial charge in [0, 0.05) is 17.8 Å². The fourth-order valence-electron chi connectivity index (χ4n) is 2.93. The van der Waals surface area contributed by atoms with E-state index >= 15 is 0 Å². The summed E-state index contributed by atoms with van der Waals surface area (Å²) >= 11 is 1.29. The van der Waals surface area contributed by atoms with Crippen LogP contribution in [0.1, 0.15) is 29.3 Å². The van der Waals surface area contributed by atoms with Gasteiger partial charge in [0.2, 0.25) is 5.91 Å². The lowest BCUT2D eigenvalue weighted by Crippen LogP contribution is -2.15. The molecule has 7 nitrogen and oxygen atoms in total. The van der Waals surface area contributed by atoms with Gasteiger partial charge in [0.15, 0.2) is 11.0 Å². The summed E-state index contributed by atoms with van der Waals surface area (Å²) < 4.78 is 7.07. The van der Waals surface area contributed by atoms with Crippen LogP contribution in [-0.2, 0) is 16.1 Å². The van der Waals surface area contributed by atoms with E-state index in [4.69, 9.17) is 4.74 Å². The molecule has 2 aromatic carbocycles. The van der Waals surface area contributed by atoms with E-state index in [0.717, 1.165) is 23.4 Å². The molecule has 0 fully saturated rings. The number of rotatable bonds is 10. The first-order chi connectivity index (χ1) is 15.5. The average molecular weight is 451 g/mol. The smallest absolute Gasteiger partial charge is 0.338 e. The second-order valence-electron chi connectivity index (χ2n) is 7.13. The first-order valence-corrected chi connectivity index (χ1v) is 11.3. The third-order valence-electron chi connectivity index (χ3n) is 4.49. The Bertz CT molecular complexity index is 1090. The highest BCUT2D eigenvalue weighted by molar-refractivity contribution is 7.99. The van der Waals surface area contributed by atoms with Gasteiger partial charge >= 0.3 is 5.97 Å². The minimum Gasteiger partial charge on any atom is -0.462 e. The SMILES string of the molecule is C=CCn1c(SCC(=O)Nc2cccc(C(=O)OCCC)c2)nnc1-c1ccc(C)cc1. The van der Waals surface area contributed by atoms with Gasteiger partial charge in [-0.2, -0.15) is 0 Å². The summed E-state index contributed by atoms with van der Waals surface area (Å²) in [6.07, 6.45) is 2.52. The number of hydrogen-bond donors (Lipinski definition) is 1. The van der Waals surface area contributed by atoms with Crippen molar-refractivity contribution in [2.24, 2.45) is 0 Å². The van der Waals surface area contributed by atoms with Crippen LogP contribution in [-0.4, -0.2) is 39.0 Å². The summed E-state index contributed by atoms with van der Waals surface area (Å²) in [4.78, 5) is 24.5. The second kappa shape index (κ2) is 11.3. The molecule has 166 valence electrons. The summed E-state index contributed by atoms with van der Waals surface area (Å²) in [5, 5.41) is 12.0. The van der Waals surface area contributed by atoms with Gasteiger partial charge in [0.25, 0.3) is 0 Å². The van der Waals surface area contributed by atoms with Gasteiger partial charge in [-0.1, -0.05) is 60.7 Å². The standard InChI is InChI=1S/C24H26N4O3S/c1-4-13-28-22(18-11-9-17(3)10-12-18)26-27-24(28)32-16-21(29)25-20-8-6-7-19(15-20)23(30)31-14-5-2/h4,6-12,15H,1,5,13-14,16H2,2-3H3,(H,25,29). The molecule has 0 spiro atoms. The molecule has 3 aromatic rings. The van der Waals surface area contributed by atoms with E-state index in [0.29, 0.717) is 29.6 Å². The predicted molar refractivity (Wildman–Crippen MR) is 127 cm³/mol. The molecule has 0 aliphatic heterocycles. The third-order valence-corrected chi connectivity index (χ3v) is 5.46. The fraction of sp³-hybridized carbons (Fsp3) is 0.250. The molecule has 3 rings (SSSR count). The average Bonchev–Trinajstić information content (AvgIpc) is 3.19. The van der Waals surface area contributed by atoms with Gasteiger partial charge in [0.1, 0.15) is 0 Å². The van der Waals surface area contributed by atoms with Gasteiger partial charge in [-0.05, 0) is 31.5 Å². The highest BCUT2D eigenvalue weighted by Crippen LogP contribution is 2.24. The molecular weight excluding hydrogens is 424 g/mol. The van der Waals surface area contributed by atoms with Crippen LogP contribution in [0.5, 0.6) is 0 Å². The van der Waals surface area contributed by atoms with Gasteiger partial charge in [0.05, 0.1) is 17.9 Å². The van der Waals surface area contributed by atoms with Crippen LogP contribution in [0.4, 0.5) is 5.69 Å². The number of aromatic nitrogens is 3. The first kappa shape index (κ1) is 23.3. The van der Waals surface area contributed by atoms with Crippen molar-refractivity contribution in [3.8, 4) is 11.4 Å². The van der Waals surface area contributed by atoms with Gasteiger partial charge in [-0.15, -0.1) is 16.8 Å². The number of thioether (sulfide) groups is 1. The molecule has 1 N–H and O–H groups in total. The third kappa shape index (κ3) is 6.07. The molecule has 0 aliphatic rings. The maximum atomic E-state index is 12.5. The van der Waals surface area contributed by atoms with Crippen molar-refractivity contribution >= 4 is 29.3 Å². The largest absolute Gasteiger partial charge is 0.462 e. The Balaban J connectivity index is 1.65. The van der Waals surface area contributed by atoms with Crippen molar-refractivity contribution in [1.82, 2.24) is 14.8 Å². The van der Waals surface area contributed by atoms with Crippen molar-refractivity contribution < 1.29 is 14.3 Å². The van der Waals surface area contributed by atoms with E-state index < -0.39 is 5.97 Å². The minimum absolute atomic E-state index is 0.147. The minimum atomic E-state index is -0.404. The molecule has 0 unspecified atom stereocenters. The quantitative estimate of drug-likeness (QED) is 0.273. The highest BCUT2D eigenvalue weighted by Gasteiger charge is 2.15. The Morgan fingerprint density at radius 3 is 2.69 bits per heavy atom. The Labute approximate surface area is 191 Å². The number of esters is 1. The number of anilines is 1. The van der Waals surface area contributed by atoms with Crippen LogP contribution in [0.25, 0.3) is 11.4 Å². The monoisotopic (exact) mass is 450 g/mol. The summed E-state index contributed by atoms with van der Waals surface area (Å²) in [5.41, 5.74) is 3.05. The van der Waals surface area contributed by atoms with E-state index in [9.17, 15) is 9.59 Å². The molecule has 1 aromatic heterocycles. The zero-order valence-corrected chi connectivity index (χ0v) is 19.0. The van der Waals surface area contributed by atoms with Crippen LogP contribution in [0.3, 0.4) is 0 Å². The van der Waals surface area contributed by atoms with Crippen LogP contribution in [0.15, 0.2) is 66.3 Å². The molecule has 0 bridgehead atoms. The zero-order valence-electron chi connectivity index (χ0n) is 18.2. The van der Waals surface area contributed by atoms with Crippen molar-refractivity contribution in [3.05, 3.63) is 72.3 Å². The first-order valence-electron chi connectivity index (χ1n) is 10.3. The molecule has 0 atom stereocenters. The number of ether oxygens (including phenoxy) is 1. The molecule has 0 saturated carbocycles. The fourth-order valence-corrected chi connectivity index (χ4v) is 3.68. The number of aryl methyl sites for hydroxylation is 1. The Morgan fingerprint density at radius 2 is 1.97 bits per heavy atom. The summed E-state index contributed by atoms with van der Waals surface area (Å²) in [6.45, 7) is 8.67. The zero-order chi connectivity index (χ0) is 22.9. The molecular formula is C24H26N4O3S. The van der Waals surface area contributed by atoms with Crippen LogP contribution < -0.4 is 5.32 Å². The molecule has 1 heterocycles. The Morgan fingerprint density at radius 1 is 1.19 bits per heavy atom. The lowest BCUT2D eigenvalue weighted by atomic mass is 10.1. The van der Waals surface area contributed by atoms with Crippen molar-refractivity contribution in [3.63, 3.8) is 0 Å². The summed E-state index contributed by atoms with van der Waals surface area (Å²) in [7, 11) is 0. The van der Waals surface area contributed by atoms with Crippen molar-refractivity contribution in [2.45, 2.75) is 32.0 Å². The van der Waals surface area contributed by atoms with E-state index in [2.05, 4.69) is 22.1 Å². The highest BCUT2D eigenvalue weighted by atomic mass is 32.2. The van der Waals surface area contributed by atoms with E-state index in [1.165, 1.54) is 11.8 Å². The Kier molecular flexibility index (Phi) is 8.21. The number of nitrogens with zero attached hydrogens (tertiary/aromatic N) is 3. The predicted octanol–water partition coefficient (Wildman–Crippen LogP) is 4.74. The van der Waals surface area contributed by atoms with E-state index in [1.807, 2.05) is 42.7 Å². The van der Waals surface area contributed by atoms with Crippen LogP contribution in [0, 0.1) is 6.92 Å². The van der Waals surface area contributed by atoms with Crippen LogP contribution >= 0.6 is 11.8 Å². The summed E-state index contributed by atoms with van der Waals surface area (Å²) in [5.74, 6) is 0.261. The number of benzene rings is 2. The molecule has 1 amide bonds. The van der Waals surface area contributed by atoms with Crippen LogP contribution in [0.2, 0.25) is 0 Å². The van der Waals surface area contributed by atoms with Gasteiger partial charge in [-0.3, -0.25) is 9.36 Å². The van der Waals surface area contributed by atoms with Gasteiger partial charge in [-0.25, -0.2) is 4.79 Å². The molecule has 8 heteroatoms. The molecule has 0 radical (unpaired) electrons. The topological polar surface area (TPSA) is 86.1 Å². The van der Waals surface area contributed by atoms with Gasteiger partial charge < -0.3 is 10.1 Å². The molecule has 0 aliphatic carbocycles. The maximum Gasteiger partial charge on any atom is 0.338 e. The van der Waals surface area contributed by atoms with E-state index in [1.54, 1.807) is 30.3 Å². The number of carbonyl (C=O) groups is 2.